The van der Waals surface area contributed by atoms with Crippen LogP contribution in [0.5, 0.6) is 0 Å². The summed E-state index contributed by atoms with van der Waals surface area (Å²) in [7, 11) is 0. The third-order valence-corrected chi connectivity index (χ3v) is 3.78. The molecule has 1 aromatic heterocycles. The van der Waals surface area contributed by atoms with Gasteiger partial charge in [0.05, 0.1) is 6.54 Å². The van der Waals surface area contributed by atoms with Crippen LogP contribution in [-0.4, -0.2) is 47.0 Å². The van der Waals surface area contributed by atoms with Gasteiger partial charge >= 0.3 is 0 Å². The van der Waals surface area contributed by atoms with Crippen LogP contribution >= 0.6 is 0 Å². The van der Waals surface area contributed by atoms with E-state index >= 15 is 0 Å². The van der Waals surface area contributed by atoms with E-state index in [0.29, 0.717) is 30.6 Å². The van der Waals surface area contributed by atoms with Crippen molar-refractivity contribution in [2.75, 3.05) is 31.1 Å². The zero-order valence-corrected chi connectivity index (χ0v) is 13.1. The highest BCUT2D eigenvalue weighted by atomic mass is 19.1. The van der Waals surface area contributed by atoms with Crippen LogP contribution in [0.15, 0.2) is 41.7 Å². The molecule has 2 aromatic rings. The minimum absolute atomic E-state index is 0.141. The van der Waals surface area contributed by atoms with E-state index in [0.717, 1.165) is 19.2 Å². The number of nitrogens with two attached hydrogens (primary N) is 1. The van der Waals surface area contributed by atoms with Crippen molar-refractivity contribution < 1.29 is 8.78 Å². The molecule has 2 N–H and O–H groups in total. The molecule has 0 spiro atoms. The first-order chi connectivity index (χ1) is 11.6. The minimum Gasteiger partial charge on any atom is -0.370 e. The fourth-order valence-electron chi connectivity index (χ4n) is 2.56. The number of rotatable bonds is 3. The van der Waals surface area contributed by atoms with E-state index in [1.165, 1.54) is 12.1 Å². The lowest BCUT2D eigenvalue weighted by molar-refractivity contribution is 0.378. The summed E-state index contributed by atoms with van der Waals surface area (Å²) >= 11 is 0. The van der Waals surface area contributed by atoms with Crippen LogP contribution in [0.3, 0.4) is 0 Å². The van der Waals surface area contributed by atoms with Crippen molar-refractivity contribution in [2.24, 2.45) is 10.7 Å². The molecule has 0 bridgehead atoms. The molecule has 0 amide bonds. The number of piperazine rings is 1. The molecule has 1 aliphatic rings. The molecule has 2 heterocycles. The van der Waals surface area contributed by atoms with Crippen LogP contribution in [0, 0.1) is 11.6 Å². The zero-order valence-electron chi connectivity index (χ0n) is 13.1. The first kappa shape index (κ1) is 16.1. The predicted molar refractivity (Wildman–Crippen MR) is 87.5 cm³/mol. The predicted octanol–water partition coefficient (Wildman–Crippen LogP) is 1.39. The molecule has 126 valence electrons. The van der Waals surface area contributed by atoms with E-state index in [1.807, 2.05) is 4.90 Å². The second kappa shape index (κ2) is 7.20. The van der Waals surface area contributed by atoms with E-state index < -0.39 is 11.6 Å². The normalized spacial score (nSPS) is 15.7. The molecular formula is C16H18F2N6. The largest absolute Gasteiger partial charge is 0.370 e. The van der Waals surface area contributed by atoms with Gasteiger partial charge in [0.15, 0.2) is 5.96 Å². The van der Waals surface area contributed by atoms with Gasteiger partial charge in [0.2, 0.25) is 5.95 Å². The summed E-state index contributed by atoms with van der Waals surface area (Å²) in [5.74, 6) is -0.165. The van der Waals surface area contributed by atoms with Gasteiger partial charge in [-0.2, -0.15) is 0 Å². The molecular weight excluding hydrogens is 314 g/mol. The number of hydrogen-bond acceptors (Lipinski definition) is 4. The van der Waals surface area contributed by atoms with Gasteiger partial charge in [-0.05, 0) is 23.8 Å². The van der Waals surface area contributed by atoms with Crippen LogP contribution in [0.2, 0.25) is 0 Å². The van der Waals surface area contributed by atoms with Crippen LogP contribution in [-0.2, 0) is 6.54 Å². The molecule has 1 fully saturated rings. The fourth-order valence-corrected chi connectivity index (χ4v) is 2.56. The molecule has 8 heteroatoms. The maximum Gasteiger partial charge on any atom is 0.225 e. The van der Waals surface area contributed by atoms with E-state index in [4.69, 9.17) is 5.73 Å². The van der Waals surface area contributed by atoms with Crippen molar-refractivity contribution in [2.45, 2.75) is 6.54 Å². The molecule has 0 saturated carbocycles. The summed E-state index contributed by atoms with van der Waals surface area (Å²) < 4.78 is 26.3. The molecule has 24 heavy (non-hydrogen) atoms. The Bertz CT molecular complexity index is 694. The van der Waals surface area contributed by atoms with E-state index in [9.17, 15) is 8.78 Å². The van der Waals surface area contributed by atoms with Crippen LogP contribution in [0.25, 0.3) is 0 Å². The standard InChI is InChI=1S/C16H18F2N6/c17-13-8-12(9-14(18)10-13)11-22-15(19)23-4-6-24(7-5-23)16-20-2-1-3-21-16/h1-3,8-10H,4-7,11H2,(H2,19,22). The van der Waals surface area contributed by atoms with Gasteiger partial charge in [0, 0.05) is 44.6 Å². The lowest BCUT2D eigenvalue weighted by Crippen LogP contribution is -2.51. The Morgan fingerprint density at radius 3 is 2.29 bits per heavy atom. The van der Waals surface area contributed by atoms with E-state index in [1.54, 1.807) is 18.5 Å². The quantitative estimate of drug-likeness (QED) is 0.679. The summed E-state index contributed by atoms with van der Waals surface area (Å²) in [5.41, 5.74) is 6.45. The number of guanidine groups is 1. The smallest absolute Gasteiger partial charge is 0.225 e. The molecule has 0 atom stereocenters. The highest BCUT2D eigenvalue weighted by molar-refractivity contribution is 5.78. The average Bonchev–Trinajstić information content (AvgIpc) is 2.60. The van der Waals surface area contributed by atoms with Crippen molar-refractivity contribution in [1.29, 1.82) is 0 Å². The third kappa shape index (κ3) is 3.95. The topological polar surface area (TPSA) is 70.6 Å². The Kier molecular flexibility index (Phi) is 4.83. The van der Waals surface area contributed by atoms with Gasteiger partial charge in [-0.25, -0.2) is 23.7 Å². The second-order valence-electron chi connectivity index (χ2n) is 5.48. The first-order valence-electron chi connectivity index (χ1n) is 7.63. The summed E-state index contributed by atoms with van der Waals surface area (Å²) in [4.78, 5) is 16.7. The van der Waals surface area contributed by atoms with Crippen molar-refractivity contribution in [3.63, 3.8) is 0 Å². The lowest BCUT2D eigenvalue weighted by Gasteiger charge is -2.35. The molecule has 1 saturated heterocycles. The average molecular weight is 332 g/mol. The molecule has 0 aliphatic carbocycles. The van der Waals surface area contributed by atoms with Crippen molar-refractivity contribution in [3.8, 4) is 0 Å². The van der Waals surface area contributed by atoms with E-state index in [2.05, 4.69) is 19.9 Å². The number of halogens is 2. The van der Waals surface area contributed by atoms with Crippen molar-refractivity contribution in [1.82, 2.24) is 14.9 Å². The number of anilines is 1. The van der Waals surface area contributed by atoms with Crippen LogP contribution in [0.4, 0.5) is 14.7 Å². The Labute approximate surface area is 138 Å². The highest BCUT2D eigenvalue weighted by Crippen LogP contribution is 2.11. The first-order valence-corrected chi connectivity index (χ1v) is 7.63. The Morgan fingerprint density at radius 2 is 1.67 bits per heavy atom. The molecule has 6 nitrogen and oxygen atoms in total. The lowest BCUT2D eigenvalue weighted by atomic mass is 10.2. The van der Waals surface area contributed by atoms with E-state index in [-0.39, 0.29) is 6.54 Å². The summed E-state index contributed by atoms with van der Waals surface area (Å²) in [6.07, 6.45) is 3.42. The van der Waals surface area contributed by atoms with Gasteiger partial charge < -0.3 is 15.5 Å². The molecule has 3 rings (SSSR count). The molecule has 0 radical (unpaired) electrons. The van der Waals surface area contributed by atoms with Gasteiger partial charge in [-0.3, -0.25) is 0 Å². The summed E-state index contributed by atoms with van der Waals surface area (Å²) in [6.45, 7) is 2.97. The fraction of sp³-hybridized carbons (Fsp3) is 0.312. The summed E-state index contributed by atoms with van der Waals surface area (Å²) in [5, 5.41) is 0. The molecule has 1 aliphatic heterocycles. The SMILES string of the molecule is NC(=NCc1cc(F)cc(F)c1)N1CCN(c2ncccn2)CC1. The molecule has 1 aromatic carbocycles. The highest BCUT2D eigenvalue weighted by Gasteiger charge is 2.19. The maximum atomic E-state index is 13.2. The maximum absolute atomic E-state index is 13.2. The Hall–Kier alpha value is -2.77. The Morgan fingerprint density at radius 1 is 1.04 bits per heavy atom. The third-order valence-electron chi connectivity index (χ3n) is 3.78. The summed E-state index contributed by atoms with van der Waals surface area (Å²) in [6, 6.07) is 5.12. The zero-order chi connectivity index (χ0) is 16.9. The van der Waals surface area contributed by atoms with Gasteiger partial charge in [0.1, 0.15) is 11.6 Å². The van der Waals surface area contributed by atoms with Crippen LogP contribution in [0.1, 0.15) is 5.56 Å². The van der Waals surface area contributed by atoms with Gasteiger partial charge in [-0.1, -0.05) is 0 Å². The number of aromatic nitrogens is 2. The van der Waals surface area contributed by atoms with Gasteiger partial charge in [0.25, 0.3) is 0 Å². The van der Waals surface area contributed by atoms with Crippen molar-refractivity contribution >= 4 is 11.9 Å². The molecule has 0 unspecified atom stereocenters. The van der Waals surface area contributed by atoms with Crippen LogP contribution < -0.4 is 10.6 Å². The monoisotopic (exact) mass is 332 g/mol. The number of hydrogen-bond donors (Lipinski definition) is 1. The number of nitrogens with zero attached hydrogens (tertiary/aromatic N) is 5. The second-order valence-corrected chi connectivity index (χ2v) is 5.48. The minimum atomic E-state index is -0.616. The number of benzene rings is 1. The van der Waals surface area contributed by atoms with Gasteiger partial charge in [-0.15, -0.1) is 0 Å². The van der Waals surface area contributed by atoms with Crippen molar-refractivity contribution in [3.05, 3.63) is 53.9 Å². The number of aliphatic imine (C=N–C) groups is 1. The Balaban J connectivity index is 1.57.